The summed E-state index contributed by atoms with van der Waals surface area (Å²) in [5.41, 5.74) is -5.31. The number of halogens is 1. The van der Waals surface area contributed by atoms with Crippen molar-refractivity contribution in [3.8, 4) is 0 Å². The Morgan fingerprint density at radius 2 is 2.13 bits per heavy atom. The lowest BCUT2D eigenvalue weighted by Crippen LogP contribution is -2.68. The second-order valence-electron chi connectivity index (χ2n) is 9.63. The van der Waals surface area contributed by atoms with Gasteiger partial charge < -0.3 is 20.5 Å². The highest BCUT2D eigenvalue weighted by molar-refractivity contribution is 5.92. The fraction of sp³-hybridized carbons (Fsp3) is 0.682. The number of oxime groups is 1. The molecule has 0 amide bonds. The minimum Gasteiger partial charge on any atom is -0.481 e. The molecular weight excluding hydrogens is 393 g/mol. The molecule has 0 radical (unpaired) electrons. The second kappa shape index (κ2) is 6.72. The van der Waals surface area contributed by atoms with Crippen LogP contribution in [-0.4, -0.2) is 55.9 Å². The molecule has 4 aliphatic rings. The average molecular weight is 421 g/mol. The van der Waals surface area contributed by atoms with Crippen molar-refractivity contribution in [2.45, 2.75) is 69.2 Å². The van der Waals surface area contributed by atoms with Crippen LogP contribution in [0.4, 0.5) is 4.39 Å². The van der Waals surface area contributed by atoms with Crippen LogP contribution in [0.5, 0.6) is 0 Å². The number of carbonyl (C=O) groups is 2. The molecule has 0 bridgehead atoms. The summed E-state index contributed by atoms with van der Waals surface area (Å²) in [5.74, 6) is -2.38. The molecule has 4 N–H and O–H groups in total. The molecule has 0 saturated heterocycles. The van der Waals surface area contributed by atoms with E-state index >= 15 is 4.39 Å². The highest BCUT2D eigenvalue weighted by atomic mass is 19.1. The van der Waals surface area contributed by atoms with Gasteiger partial charge >= 0.3 is 5.97 Å². The molecule has 2 fully saturated rings. The summed E-state index contributed by atoms with van der Waals surface area (Å²) < 4.78 is 16.9. The van der Waals surface area contributed by atoms with Gasteiger partial charge in [0.15, 0.2) is 11.5 Å². The maximum atomic E-state index is 16.9. The Hall–Kier alpha value is -2.06. The molecule has 0 aliphatic heterocycles. The molecule has 2 saturated carbocycles. The van der Waals surface area contributed by atoms with Gasteiger partial charge in [0, 0.05) is 29.6 Å². The number of carboxylic acids is 1. The van der Waals surface area contributed by atoms with Crippen LogP contribution in [0.3, 0.4) is 0 Å². The Morgan fingerprint density at radius 3 is 2.80 bits per heavy atom. The van der Waals surface area contributed by atoms with Gasteiger partial charge in [-0.3, -0.25) is 9.59 Å². The van der Waals surface area contributed by atoms with Gasteiger partial charge in [0.25, 0.3) is 0 Å². The number of ketones is 1. The molecule has 164 valence electrons. The lowest BCUT2D eigenvalue weighted by molar-refractivity contribution is -0.195. The average Bonchev–Trinajstić information content (AvgIpc) is 2.95. The van der Waals surface area contributed by atoms with E-state index in [9.17, 15) is 25.0 Å². The lowest BCUT2D eigenvalue weighted by Gasteiger charge is -2.61. The number of rotatable bonds is 4. The van der Waals surface area contributed by atoms with Gasteiger partial charge in [-0.05, 0) is 49.7 Å². The zero-order valence-corrected chi connectivity index (χ0v) is 16.9. The van der Waals surface area contributed by atoms with E-state index < -0.39 is 46.0 Å². The maximum Gasteiger partial charge on any atom is 0.303 e. The van der Waals surface area contributed by atoms with E-state index in [1.165, 1.54) is 12.3 Å². The molecule has 0 aromatic rings. The smallest absolute Gasteiger partial charge is 0.303 e. The second-order valence-corrected chi connectivity index (χ2v) is 9.63. The van der Waals surface area contributed by atoms with Crippen LogP contribution in [0.2, 0.25) is 0 Å². The number of aliphatic carboxylic acids is 1. The molecule has 30 heavy (non-hydrogen) atoms. The number of carboxylic acid groups (broad SMARTS) is 1. The molecule has 0 spiro atoms. The first kappa shape index (κ1) is 21.2. The first-order chi connectivity index (χ1) is 14.0. The van der Waals surface area contributed by atoms with Crippen molar-refractivity contribution in [1.29, 1.82) is 0 Å². The van der Waals surface area contributed by atoms with E-state index in [4.69, 9.17) is 5.11 Å². The Bertz CT molecular complexity index is 870. The number of allylic oxidation sites excluding steroid dienone is 4. The highest BCUT2D eigenvalue weighted by Gasteiger charge is 2.73. The molecule has 0 heterocycles. The molecule has 0 unspecified atom stereocenters. The topological polar surface area (TPSA) is 127 Å². The van der Waals surface area contributed by atoms with Gasteiger partial charge in [-0.15, -0.1) is 5.16 Å². The van der Waals surface area contributed by atoms with Gasteiger partial charge in [0.05, 0.1) is 17.9 Å². The van der Waals surface area contributed by atoms with Crippen molar-refractivity contribution in [2.24, 2.45) is 27.8 Å². The standard InChI is InChI=1S/C22H28FNO6/c1-19-7-4-14(25)10-13(19)2-3-16-15-5-8-21(29,9-6-18(27)28)20(15,12-24-30)11-17(26)22(16,19)23/h2-3,10,12,15-17,26,29-30H,4-9,11H2,1H3,(H,27,28)/b24-12+/t15-,16-,17-,19-,20+,21+,22-/m0/s1. The van der Waals surface area contributed by atoms with Crippen molar-refractivity contribution in [3.63, 3.8) is 0 Å². The third-order valence-corrected chi connectivity index (χ3v) is 8.53. The SMILES string of the molecule is C[C@]12CCC(=O)C=C1C=C[C@H]1[C@@H]3CC[C@@](O)(CCC(=O)O)[C@@]3(/C=N/O)C[C@H](O)[C@@]12F. The Labute approximate surface area is 174 Å². The molecule has 0 aromatic heterocycles. The number of aliphatic hydroxyl groups is 2. The number of hydrogen-bond donors (Lipinski definition) is 4. The van der Waals surface area contributed by atoms with Gasteiger partial charge in [0.1, 0.15) is 0 Å². The number of fused-ring (bicyclic) bond motifs is 5. The van der Waals surface area contributed by atoms with Crippen LogP contribution >= 0.6 is 0 Å². The number of aliphatic hydroxyl groups excluding tert-OH is 1. The van der Waals surface area contributed by atoms with E-state index in [0.29, 0.717) is 12.0 Å². The predicted octanol–water partition coefficient (Wildman–Crippen LogP) is 2.39. The van der Waals surface area contributed by atoms with Crippen LogP contribution in [0, 0.1) is 22.7 Å². The largest absolute Gasteiger partial charge is 0.481 e. The summed E-state index contributed by atoms with van der Waals surface area (Å²) in [6.45, 7) is 1.74. The minimum atomic E-state index is -2.05. The third-order valence-electron chi connectivity index (χ3n) is 8.53. The quantitative estimate of drug-likeness (QED) is 0.314. The van der Waals surface area contributed by atoms with Crippen LogP contribution in [-0.2, 0) is 9.59 Å². The van der Waals surface area contributed by atoms with E-state index in [1.807, 2.05) is 0 Å². The first-order valence-corrected chi connectivity index (χ1v) is 10.5. The van der Waals surface area contributed by atoms with Crippen molar-refractivity contribution < 1.29 is 34.5 Å². The molecule has 4 aliphatic carbocycles. The molecule has 4 rings (SSSR count). The van der Waals surface area contributed by atoms with Crippen LogP contribution in [0.15, 0.2) is 29.0 Å². The van der Waals surface area contributed by atoms with Crippen LogP contribution < -0.4 is 0 Å². The number of hydrogen-bond acceptors (Lipinski definition) is 6. The number of carbonyl (C=O) groups excluding carboxylic acids is 1. The van der Waals surface area contributed by atoms with E-state index in [-0.39, 0.29) is 44.3 Å². The summed E-state index contributed by atoms with van der Waals surface area (Å²) >= 11 is 0. The van der Waals surface area contributed by atoms with Gasteiger partial charge in [0.2, 0.25) is 0 Å². The number of alkyl halides is 1. The maximum absolute atomic E-state index is 16.9. The third kappa shape index (κ3) is 2.52. The van der Waals surface area contributed by atoms with E-state index in [2.05, 4.69) is 5.16 Å². The molecule has 8 heteroatoms. The monoisotopic (exact) mass is 421 g/mol. The minimum absolute atomic E-state index is 0.0647. The molecule has 7 nitrogen and oxygen atoms in total. The molecular formula is C22H28FNO6. The van der Waals surface area contributed by atoms with E-state index in [0.717, 1.165) is 0 Å². The van der Waals surface area contributed by atoms with Crippen molar-refractivity contribution >= 4 is 18.0 Å². The first-order valence-electron chi connectivity index (χ1n) is 10.5. The highest BCUT2D eigenvalue weighted by Crippen LogP contribution is 2.69. The Kier molecular flexibility index (Phi) is 4.74. The van der Waals surface area contributed by atoms with E-state index in [1.54, 1.807) is 19.1 Å². The fourth-order valence-electron chi connectivity index (χ4n) is 6.88. The lowest BCUT2D eigenvalue weighted by atomic mass is 9.45. The summed E-state index contributed by atoms with van der Waals surface area (Å²) in [6.07, 6.45) is 5.13. The number of nitrogens with zero attached hydrogens (tertiary/aromatic N) is 1. The summed E-state index contributed by atoms with van der Waals surface area (Å²) in [4.78, 5) is 23.1. The molecule has 0 aromatic carbocycles. The van der Waals surface area contributed by atoms with Gasteiger partial charge in [-0.25, -0.2) is 4.39 Å². The predicted molar refractivity (Wildman–Crippen MR) is 105 cm³/mol. The summed E-state index contributed by atoms with van der Waals surface area (Å²) in [6, 6.07) is 0. The zero-order valence-electron chi connectivity index (χ0n) is 16.9. The summed E-state index contributed by atoms with van der Waals surface area (Å²) in [7, 11) is 0. The van der Waals surface area contributed by atoms with Gasteiger partial charge in [-0.2, -0.15) is 0 Å². The fourth-order valence-corrected chi connectivity index (χ4v) is 6.88. The van der Waals surface area contributed by atoms with Crippen LogP contribution in [0.1, 0.15) is 51.9 Å². The van der Waals surface area contributed by atoms with Crippen molar-refractivity contribution in [1.82, 2.24) is 0 Å². The normalized spacial score (nSPS) is 47.5. The zero-order chi connectivity index (χ0) is 21.9. The van der Waals surface area contributed by atoms with Crippen molar-refractivity contribution in [3.05, 3.63) is 23.8 Å². The summed E-state index contributed by atoms with van der Waals surface area (Å²) in [5, 5.41) is 44.3. The Balaban J connectivity index is 1.83. The Morgan fingerprint density at radius 1 is 1.40 bits per heavy atom. The molecule has 7 atom stereocenters. The van der Waals surface area contributed by atoms with Crippen molar-refractivity contribution in [2.75, 3.05) is 0 Å². The van der Waals surface area contributed by atoms with Crippen LogP contribution in [0.25, 0.3) is 0 Å². The van der Waals surface area contributed by atoms with Gasteiger partial charge in [-0.1, -0.05) is 19.1 Å².